The lowest BCUT2D eigenvalue weighted by Crippen LogP contribution is -2.38. The summed E-state index contributed by atoms with van der Waals surface area (Å²) in [6, 6.07) is 1.90. The van der Waals surface area contributed by atoms with Crippen LogP contribution in [0.3, 0.4) is 0 Å². The molecule has 9 heteroatoms. The number of halogens is 1. The van der Waals surface area contributed by atoms with Gasteiger partial charge in [0.2, 0.25) is 0 Å². The Labute approximate surface area is 170 Å². The molecule has 0 amide bonds. The van der Waals surface area contributed by atoms with Crippen molar-refractivity contribution in [1.29, 1.82) is 0 Å². The third-order valence-electron chi connectivity index (χ3n) is 5.10. The molecule has 29 heavy (non-hydrogen) atoms. The fourth-order valence-corrected chi connectivity index (χ4v) is 3.05. The Morgan fingerprint density at radius 2 is 1.86 bits per heavy atom. The number of aromatic nitrogens is 5. The van der Waals surface area contributed by atoms with Crippen LogP contribution < -0.4 is 16.0 Å². The van der Waals surface area contributed by atoms with E-state index >= 15 is 0 Å². The summed E-state index contributed by atoms with van der Waals surface area (Å²) in [6.45, 7) is 12.6. The average molecular weight is 401 g/mol. The number of hydrogen-bond donors (Lipinski definition) is 2. The molecule has 0 fully saturated rings. The first-order valence-electron chi connectivity index (χ1n) is 9.51. The van der Waals surface area contributed by atoms with E-state index in [1.165, 1.54) is 12.5 Å². The SMILES string of the molecule is Cc1nc(N)c2c(F)cn(C(C)(C)CNc3cc(N(C)C(C)(C)C)ncn3)c2n1. The number of nitrogens with zero attached hydrogens (tertiary/aromatic N) is 6. The number of fused-ring (bicyclic) bond motifs is 1. The molecule has 3 heterocycles. The highest BCUT2D eigenvalue weighted by atomic mass is 19.1. The fraction of sp³-hybridized carbons (Fsp3) is 0.500. The predicted octanol–water partition coefficient (Wildman–Crippen LogP) is 3.33. The van der Waals surface area contributed by atoms with Crippen molar-refractivity contribution in [2.24, 2.45) is 0 Å². The standard InChI is InChI=1S/C20H29FN8/c1-12-26-17(22)16-13(21)9-29(18(16)27-12)20(5,6)10-23-14-8-15(25-11-24-14)28(7)19(2,3)4/h8-9,11H,10H2,1-7H3,(H2,22,26,27)(H,23,24,25). The maximum Gasteiger partial charge on any atom is 0.154 e. The van der Waals surface area contributed by atoms with Crippen LogP contribution in [0.1, 0.15) is 40.4 Å². The largest absolute Gasteiger partial charge is 0.383 e. The minimum Gasteiger partial charge on any atom is -0.383 e. The molecule has 0 saturated carbocycles. The summed E-state index contributed by atoms with van der Waals surface area (Å²) < 4.78 is 16.3. The molecule has 0 bridgehead atoms. The molecule has 0 radical (unpaired) electrons. The highest BCUT2D eigenvalue weighted by Gasteiger charge is 2.26. The van der Waals surface area contributed by atoms with Gasteiger partial charge in [-0.25, -0.2) is 24.3 Å². The van der Waals surface area contributed by atoms with Crippen molar-refractivity contribution in [3.8, 4) is 0 Å². The number of nitrogen functional groups attached to an aromatic ring is 1. The molecule has 0 aliphatic heterocycles. The number of rotatable bonds is 5. The molecule has 0 aliphatic carbocycles. The minimum absolute atomic E-state index is 0.0655. The maximum atomic E-state index is 14.5. The van der Waals surface area contributed by atoms with E-state index in [1.807, 2.05) is 27.0 Å². The predicted molar refractivity (Wildman–Crippen MR) is 115 cm³/mol. The summed E-state index contributed by atoms with van der Waals surface area (Å²) in [5.41, 5.74) is 5.83. The lowest BCUT2D eigenvalue weighted by Gasteiger charge is -2.33. The molecule has 0 saturated heterocycles. The van der Waals surface area contributed by atoms with Crippen LogP contribution in [0, 0.1) is 12.7 Å². The van der Waals surface area contributed by atoms with E-state index in [4.69, 9.17) is 5.73 Å². The Morgan fingerprint density at radius 3 is 2.52 bits per heavy atom. The van der Waals surface area contributed by atoms with Crippen LogP contribution in [0.25, 0.3) is 11.0 Å². The van der Waals surface area contributed by atoms with E-state index < -0.39 is 11.4 Å². The third-order valence-corrected chi connectivity index (χ3v) is 5.10. The average Bonchev–Trinajstić information content (AvgIpc) is 2.96. The first-order valence-corrected chi connectivity index (χ1v) is 9.51. The molecule has 3 aromatic heterocycles. The Bertz CT molecular complexity index is 1030. The van der Waals surface area contributed by atoms with Gasteiger partial charge in [-0.05, 0) is 41.5 Å². The Balaban J connectivity index is 1.87. The van der Waals surface area contributed by atoms with Gasteiger partial charge in [-0.15, -0.1) is 0 Å². The van der Waals surface area contributed by atoms with E-state index in [0.717, 1.165) is 5.82 Å². The second kappa shape index (κ2) is 7.13. The lowest BCUT2D eigenvalue weighted by molar-refractivity contribution is 0.384. The maximum absolute atomic E-state index is 14.5. The molecular weight excluding hydrogens is 371 g/mol. The summed E-state index contributed by atoms with van der Waals surface area (Å²) in [6.07, 6.45) is 2.96. The van der Waals surface area contributed by atoms with E-state index in [2.05, 4.69) is 50.9 Å². The zero-order valence-corrected chi connectivity index (χ0v) is 18.1. The molecule has 0 atom stereocenters. The van der Waals surface area contributed by atoms with Gasteiger partial charge in [0, 0.05) is 31.4 Å². The normalized spacial score (nSPS) is 12.4. The molecule has 3 N–H and O–H groups in total. The zero-order valence-electron chi connectivity index (χ0n) is 18.1. The van der Waals surface area contributed by atoms with Gasteiger partial charge in [-0.2, -0.15) is 0 Å². The highest BCUT2D eigenvalue weighted by Crippen LogP contribution is 2.29. The van der Waals surface area contributed by atoms with Gasteiger partial charge >= 0.3 is 0 Å². The minimum atomic E-state index is -0.503. The lowest BCUT2D eigenvalue weighted by atomic mass is 10.1. The topological polar surface area (TPSA) is 97.8 Å². The molecule has 0 spiro atoms. The molecule has 3 rings (SSSR count). The Morgan fingerprint density at radius 1 is 1.17 bits per heavy atom. The van der Waals surface area contributed by atoms with E-state index in [1.54, 1.807) is 11.5 Å². The van der Waals surface area contributed by atoms with Crippen molar-refractivity contribution in [1.82, 2.24) is 24.5 Å². The van der Waals surface area contributed by atoms with Crippen molar-refractivity contribution >= 4 is 28.5 Å². The summed E-state index contributed by atoms with van der Waals surface area (Å²) in [5, 5.41) is 3.59. The molecule has 0 aromatic carbocycles. The van der Waals surface area contributed by atoms with Gasteiger partial charge in [0.15, 0.2) is 5.82 Å². The molecule has 0 unspecified atom stereocenters. The summed E-state index contributed by atoms with van der Waals surface area (Å²) in [4.78, 5) is 19.3. The van der Waals surface area contributed by atoms with E-state index in [9.17, 15) is 4.39 Å². The molecule has 8 nitrogen and oxygen atoms in total. The third kappa shape index (κ3) is 4.08. The van der Waals surface area contributed by atoms with E-state index in [0.29, 0.717) is 23.8 Å². The fourth-order valence-electron chi connectivity index (χ4n) is 3.05. The highest BCUT2D eigenvalue weighted by molar-refractivity contribution is 5.87. The monoisotopic (exact) mass is 400 g/mol. The number of nitrogens with one attached hydrogen (secondary N) is 1. The Kier molecular flexibility index (Phi) is 5.10. The smallest absolute Gasteiger partial charge is 0.154 e. The molecule has 0 aliphatic rings. The molecule has 156 valence electrons. The molecular formula is C20H29FN8. The van der Waals surface area contributed by atoms with Crippen LogP contribution in [0.4, 0.5) is 21.8 Å². The van der Waals surface area contributed by atoms with Crippen molar-refractivity contribution < 1.29 is 4.39 Å². The van der Waals surface area contributed by atoms with Gasteiger partial charge in [0.05, 0.1) is 10.9 Å². The summed E-state index contributed by atoms with van der Waals surface area (Å²) >= 11 is 0. The number of nitrogens with two attached hydrogens (primary N) is 1. The first kappa shape index (κ1) is 20.8. The first-order chi connectivity index (χ1) is 13.4. The Hall–Kier alpha value is -2.97. The van der Waals surface area contributed by atoms with Crippen molar-refractivity contribution in [3.05, 3.63) is 30.2 Å². The van der Waals surface area contributed by atoms with E-state index in [-0.39, 0.29) is 16.7 Å². The quantitative estimate of drug-likeness (QED) is 0.678. The molecule has 3 aromatic rings. The van der Waals surface area contributed by atoms with Crippen LogP contribution in [0.2, 0.25) is 0 Å². The second-order valence-electron chi connectivity index (χ2n) is 8.86. The number of anilines is 3. The number of hydrogen-bond acceptors (Lipinski definition) is 7. The van der Waals surface area contributed by atoms with Crippen LogP contribution in [0.5, 0.6) is 0 Å². The van der Waals surface area contributed by atoms with Gasteiger partial charge in [0.1, 0.15) is 35.3 Å². The van der Waals surface area contributed by atoms with Crippen molar-refractivity contribution in [2.45, 2.75) is 52.6 Å². The van der Waals surface area contributed by atoms with Crippen molar-refractivity contribution in [2.75, 3.05) is 29.5 Å². The van der Waals surface area contributed by atoms with Crippen molar-refractivity contribution in [3.63, 3.8) is 0 Å². The van der Waals surface area contributed by atoms with Crippen LogP contribution in [-0.2, 0) is 5.54 Å². The van der Waals surface area contributed by atoms with Crippen LogP contribution >= 0.6 is 0 Å². The summed E-state index contributed by atoms with van der Waals surface area (Å²) in [5.74, 6) is 1.74. The zero-order chi connectivity index (χ0) is 21.6. The van der Waals surface area contributed by atoms with Crippen LogP contribution in [-0.4, -0.2) is 43.6 Å². The second-order valence-corrected chi connectivity index (χ2v) is 8.86. The number of aryl methyl sites for hydroxylation is 1. The van der Waals surface area contributed by atoms with Gasteiger partial charge in [0.25, 0.3) is 0 Å². The van der Waals surface area contributed by atoms with Crippen LogP contribution in [0.15, 0.2) is 18.6 Å². The van der Waals surface area contributed by atoms with Gasteiger partial charge in [-0.3, -0.25) is 0 Å². The van der Waals surface area contributed by atoms with Gasteiger partial charge in [-0.1, -0.05) is 0 Å². The van der Waals surface area contributed by atoms with Gasteiger partial charge < -0.3 is 20.5 Å². The summed E-state index contributed by atoms with van der Waals surface area (Å²) in [7, 11) is 2.00.